The summed E-state index contributed by atoms with van der Waals surface area (Å²) in [6.07, 6.45) is 7.66. The van der Waals surface area contributed by atoms with E-state index in [2.05, 4.69) is 58.9 Å². The minimum Gasteiger partial charge on any atom is -0.0859 e. The minimum absolute atomic E-state index is 0.742. The van der Waals surface area contributed by atoms with Crippen LogP contribution in [0.3, 0.4) is 0 Å². The SMILES string of the molecule is CC(C)=CCC[C@@H](C)[C@@H]1CC[C@H](C)c2ccc(C)cc21. The number of hydrogen-bond donors (Lipinski definition) is 0. The number of hydrogen-bond acceptors (Lipinski definition) is 0. The average molecular weight is 270 g/mol. The molecule has 0 spiro atoms. The molecule has 1 aromatic rings. The van der Waals surface area contributed by atoms with Gasteiger partial charge in [-0.1, -0.05) is 49.3 Å². The Hall–Kier alpha value is -1.04. The molecular weight excluding hydrogens is 240 g/mol. The number of benzene rings is 1. The second kappa shape index (κ2) is 6.61. The van der Waals surface area contributed by atoms with Crippen LogP contribution in [0.4, 0.5) is 0 Å². The van der Waals surface area contributed by atoms with Crippen molar-refractivity contribution in [1.29, 1.82) is 0 Å². The molecular formula is C20H30. The maximum Gasteiger partial charge on any atom is -0.0133 e. The van der Waals surface area contributed by atoms with Crippen molar-refractivity contribution < 1.29 is 0 Å². The highest BCUT2D eigenvalue weighted by atomic mass is 14.3. The predicted molar refractivity (Wildman–Crippen MR) is 89.4 cm³/mol. The average Bonchev–Trinajstić information content (AvgIpc) is 2.38. The molecule has 0 unspecified atom stereocenters. The van der Waals surface area contributed by atoms with E-state index in [1.165, 1.54) is 36.8 Å². The molecule has 0 radical (unpaired) electrons. The van der Waals surface area contributed by atoms with Crippen molar-refractivity contribution >= 4 is 0 Å². The lowest BCUT2D eigenvalue weighted by molar-refractivity contribution is 0.370. The molecule has 3 atom stereocenters. The Morgan fingerprint density at radius 3 is 2.70 bits per heavy atom. The quantitative estimate of drug-likeness (QED) is 0.558. The maximum atomic E-state index is 2.45. The summed E-state index contributed by atoms with van der Waals surface area (Å²) in [5, 5.41) is 0. The van der Waals surface area contributed by atoms with Crippen molar-refractivity contribution in [2.24, 2.45) is 5.92 Å². The Labute approximate surface area is 125 Å². The van der Waals surface area contributed by atoms with Crippen molar-refractivity contribution in [3.05, 3.63) is 46.5 Å². The van der Waals surface area contributed by atoms with E-state index < -0.39 is 0 Å². The first-order valence-corrected chi connectivity index (χ1v) is 8.23. The van der Waals surface area contributed by atoms with Crippen molar-refractivity contribution in [3.63, 3.8) is 0 Å². The Morgan fingerprint density at radius 2 is 2.00 bits per heavy atom. The molecule has 0 N–H and O–H groups in total. The molecule has 1 aromatic carbocycles. The molecule has 0 saturated carbocycles. The molecule has 1 aliphatic carbocycles. The fourth-order valence-electron chi connectivity index (χ4n) is 3.63. The molecule has 1 aliphatic rings. The van der Waals surface area contributed by atoms with E-state index in [0.29, 0.717) is 0 Å². The van der Waals surface area contributed by atoms with Gasteiger partial charge in [-0.2, -0.15) is 0 Å². The lowest BCUT2D eigenvalue weighted by Gasteiger charge is -2.34. The van der Waals surface area contributed by atoms with Gasteiger partial charge in [-0.15, -0.1) is 0 Å². The highest BCUT2D eigenvalue weighted by molar-refractivity contribution is 5.38. The lowest BCUT2D eigenvalue weighted by atomic mass is 9.71. The Kier molecular flexibility index (Phi) is 5.07. The normalized spacial score (nSPS) is 23.1. The summed E-state index contributed by atoms with van der Waals surface area (Å²) in [6.45, 7) is 11.5. The number of aryl methyl sites for hydroxylation is 1. The third-order valence-electron chi connectivity index (χ3n) is 4.94. The third-order valence-corrected chi connectivity index (χ3v) is 4.94. The molecule has 0 amide bonds. The summed E-state index contributed by atoms with van der Waals surface area (Å²) in [6, 6.07) is 7.11. The van der Waals surface area contributed by atoms with Gasteiger partial charge in [-0.05, 0) is 75.3 Å². The summed E-state index contributed by atoms with van der Waals surface area (Å²) in [5.41, 5.74) is 6.12. The smallest absolute Gasteiger partial charge is 0.0133 e. The standard InChI is InChI=1S/C20H30/c1-14(2)7-6-8-16(4)19-12-10-17(5)18-11-9-15(3)13-20(18)19/h7,9,11,13,16-17,19H,6,8,10,12H2,1-5H3/t16-,17+,19+/m1/s1. The van der Waals surface area contributed by atoms with Gasteiger partial charge in [-0.3, -0.25) is 0 Å². The second-order valence-electron chi connectivity index (χ2n) is 7.05. The van der Waals surface area contributed by atoms with Crippen LogP contribution in [0.1, 0.15) is 81.9 Å². The van der Waals surface area contributed by atoms with Crippen LogP contribution >= 0.6 is 0 Å². The van der Waals surface area contributed by atoms with Gasteiger partial charge in [-0.25, -0.2) is 0 Å². The van der Waals surface area contributed by atoms with Gasteiger partial charge in [0.2, 0.25) is 0 Å². The molecule has 0 nitrogen and oxygen atoms in total. The van der Waals surface area contributed by atoms with Gasteiger partial charge >= 0.3 is 0 Å². The van der Waals surface area contributed by atoms with Gasteiger partial charge in [0.25, 0.3) is 0 Å². The molecule has 0 aliphatic heterocycles. The summed E-state index contributed by atoms with van der Waals surface area (Å²) in [4.78, 5) is 0. The van der Waals surface area contributed by atoms with Crippen LogP contribution in [-0.4, -0.2) is 0 Å². The highest BCUT2D eigenvalue weighted by Crippen LogP contribution is 2.43. The monoisotopic (exact) mass is 270 g/mol. The van der Waals surface area contributed by atoms with Gasteiger partial charge < -0.3 is 0 Å². The lowest BCUT2D eigenvalue weighted by Crippen LogP contribution is -2.18. The van der Waals surface area contributed by atoms with Gasteiger partial charge in [0.15, 0.2) is 0 Å². The van der Waals surface area contributed by atoms with Crippen molar-refractivity contribution in [1.82, 2.24) is 0 Å². The largest absolute Gasteiger partial charge is 0.0859 e. The molecule has 0 aromatic heterocycles. The molecule has 20 heavy (non-hydrogen) atoms. The van der Waals surface area contributed by atoms with Crippen molar-refractivity contribution in [2.45, 2.75) is 72.1 Å². The molecule has 0 heteroatoms. The fourth-order valence-corrected chi connectivity index (χ4v) is 3.63. The summed E-state index contributed by atoms with van der Waals surface area (Å²) < 4.78 is 0. The number of fused-ring (bicyclic) bond motifs is 1. The van der Waals surface area contributed by atoms with Crippen LogP contribution in [-0.2, 0) is 0 Å². The Bertz CT molecular complexity index is 477. The Balaban J connectivity index is 2.15. The van der Waals surface area contributed by atoms with E-state index in [1.54, 1.807) is 11.1 Å². The van der Waals surface area contributed by atoms with E-state index >= 15 is 0 Å². The third kappa shape index (κ3) is 3.53. The summed E-state index contributed by atoms with van der Waals surface area (Å²) in [5.74, 6) is 2.30. The van der Waals surface area contributed by atoms with Crippen LogP contribution in [0, 0.1) is 12.8 Å². The Morgan fingerprint density at radius 1 is 1.25 bits per heavy atom. The molecule has 2 rings (SSSR count). The van der Waals surface area contributed by atoms with Gasteiger partial charge in [0.1, 0.15) is 0 Å². The maximum absolute atomic E-state index is 2.45. The van der Waals surface area contributed by atoms with E-state index in [9.17, 15) is 0 Å². The molecule has 110 valence electrons. The molecule has 0 saturated heterocycles. The molecule has 0 heterocycles. The highest BCUT2D eigenvalue weighted by Gasteiger charge is 2.28. The van der Waals surface area contributed by atoms with E-state index in [1.807, 2.05) is 0 Å². The van der Waals surface area contributed by atoms with Gasteiger partial charge in [0, 0.05) is 0 Å². The second-order valence-corrected chi connectivity index (χ2v) is 7.05. The first-order valence-electron chi connectivity index (χ1n) is 8.23. The number of allylic oxidation sites excluding steroid dienone is 2. The zero-order valence-electron chi connectivity index (χ0n) is 13.9. The van der Waals surface area contributed by atoms with Crippen molar-refractivity contribution in [3.8, 4) is 0 Å². The first kappa shape index (κ1) is 15.4. The molecule has 0 fully saturated rings. The fraction of sp³-hybridized carbons (Fsp3) is 0.600. The van der Waals surface area contributed by atoms with E-state index in [-0.39, 0.29) is 0 Å². The minimum atomic E-state index is 0.742. The van der Waals surface area contributed by atoms with Crippen LogP contribution in [0.15, 0.2) is 29.8 Å². The summed E-state index contributed by atoms with van der Waals surface area (Å²) >= 11 is 0. The predicted octanol–water partition coefficient (Wildman–Crippen LogP) is 6.36. The summed E-state index contributed by atoms with van der Waals surface area (Å²) in [7, 11) is 0. The van der Waals surface area contributed by atoms with Crippen LogP contribution < -0.4 is 0 Å². The van der Waals surface area contributed by atoms with Crippen LogP contribution in [0.2, 0.25) is 0 Å². The van der Waals surface area contributed by atoms with E-state index in [4.69, 9.17) is 0 Å². The zero-order chi connectivity index (χ0) is 14.7. The van der Waals surface area contributed by atoms with Gasteiger partial charge in [0.05, 0.1) is 0 Å². The number of rotatable bonds is 4. The van der Waals surface area contributed by atoms with Crippen molar-refractivity contribution in [2.75, 3.05) is 0 Å². The first-order chi connectivity index (χ1) is 9.49. The van der Waals surface area contributed by atoms with Crippen LogP contribution in [0.25, 0.3) is 0 Å². The zero-order valence-corrected chi connectivity index (χ0v) is 13.9. The topological polar surface area (TPSA) is 0 Å². The van der Waals surface area contributed by atoms with Crippen LogP contribution in [0.5, 0.6) is 0 Å². The van der Waals surface area contributed by atoms with E-state index in [0.717, 1.165) is 17.8 Å². The molecule has 0 bridgehead atoms.